The summed E-state index contributed by atoms with van der Waals surface area (Å²) in [4.78, 5) is 11.1. The third-order valence-electron chi connectivity index (χ3n) is 2.86. The van der Waals surface area contributed by atoms with Crippen LogP contribution in [0.5, 0.6) is 0 Å². The molecule has 0 radical (unpaired) electrons. The predicted molar refractivity (Wildman–Crippen MR) is 77.4 cm³/mol. The fourth-order valence-corrected chi connectivity index (χ4v) is 4.20. The zero-order chi connectivity index (χ0) is 13.0. The highest BCUT2D eigenvalue weighted by Crippen LogP contribution is 2.58. The topological polar surface area (TPSA) is 29.5 Å². The quantitative estimate of drug-likeness (QED) is 0.675. The highest BCUT2D eigenvalue weighted by Gasteiger charge is 2.46. The van der Waals surface area contributed by atoms with Crippen LogP contribution in [0.25, 0.3) is 0 Å². The van der Waals surface area contributed by atoms with Crippen LogP contribution in [0.4, 0.5) is 0 Å². The molecule has 0 aliphatic rings. The van der Waals surface area contributed by atoms with E-state index in [-0.39, 0.29) is 0 Å². The van der Waals surface area contributed by atoms with Crippen molar-refractivity contribution in [2.45, 2.75) is 0 Å². The van der Waals surface area contributed by atoms with Crippen LogP contribution in [0.2, 0.25) is 0 Å². The van der Waals surface area contributed by atoms with E-state index in [1.807, 2.05) is 60.7 Å². The van der Waals surface area contributed by atoms with Crippen molar-refractivity contribution in [3.63, 3.8) is 0 Å². The molecule has 2 nitrogen and oxygen atoms in total. The Labute approximate surface area is 108 Å². The average Bonchev–Trinajstić information content (AvgIpc) is 2.47. The summed E-state index contributed by atoms with van der Waals surface area (Å²) in [6.45, 7) is 3.88. The molecule has 0 aliphatic carbocycles. The van der Waals surface area contributed by atoms with E-state index in [2.05, 4.69) is 6.58 Å². The molecular weight excluding hydrogens is 243 g/mol. The third kappa shape index (κ3) is 2.17. The molecule has 0 aliphatic heterocycles. The first-order valence-corrected chi connectivity index (χ1v) is 7.40. The van der Waals surface area contributed by atoms with Crippen molar-refractivity contribution in [2.24, 2.45) is 0 Å². The van der Waals surface area contributed by atoms with E-state index in [4.69, 9.17) is 4.74 Å². The number of rotatable bonds is 4. The molecule has 0 bridgehead atoms. The molecule has 0 atom stereocenters. The Kier molecular flexibility index (Phi) is 3.81. The number of hydrogen-bond acceptors (Lipinski definition) is 2. The largest absolute Gasteiger partial charge is 0.467 e. The van der Waals surface area contributed by atoms with E-state index in [9.17, 15) is 4.89 Å². The summed E-state index contributed by atoms with van der Waals surface area (Å²) < 4.78 is 5.23. The normalized spacial score (nSPS) is 11.0. The van der Waals surface area contributed by atoms with Gasteiger partial charge in [0.2, 0.25) is 0 Å². The van der Waals surface area contributed by atoms with E-state index < -0.39 is 7.49 Å². The Morgan fingerprint density at radius 1 is 0.944 bits per heavy atom. The van der Waals surface area contributed by atoms with Crippen LogP contribution >= 0.6 is 7.49 Å². The zero-order valence-electron chi connectivity index (χ0n) is 10.3. The molecule has 2 aromatic rings. The first-order valence-electron chi connectivity index (χ1n) is 5.66. The monoisotopic (exact) mass is 259 g/mol. The zero-order valence-corrected chi connectivity index (χ0v) is 11.2. The Morgan fingerprint density at radius 2 is 1.33 bits per heavy atom. The molecule has 0 saturated heterocycles. The highest BCUT2D eigenvalue weighted by molar-refractivity contribution is 7.87. The molecule has 2 aromatic carbocycles. The SMILES string of the molecule is C=C(OC)[P+](O)(c1ccccc1)c1ccccc1. The second-order valence-corrected chi connectivity index (χ2v) is 6.71. The molecule has 18 heavy (non-hydrogen) atoms. The summed E-state index contributed by atoms with van der Waals surface area (Å²) in [6.07, 6.45) is 0. The molecule has 1 N–H and O–H groups in total. The van der Waals surface area contributed by atoms with Crippen LogP contribution in [-0.2, 0) is 4.74 Å². The minimum Gasteiger partial charge on any atom is -0.467 e. The molecule has 92 valence electrons. The van der Waals surface area contributed by atoms with Crippen molar-refractivity contribution in [1.82, 2.24) is 0 Å². The average molecular weight is 259 g/mol. The van der Waals surface area contributed by atoms with E-state index >= 15 is 0 Å². The second-order valence-electron chi connectivity index (χ2n) is 3.90. The predicted octanol–water partition coefficient (Wildman–Crippen LogP) is 2.68. The minimum absolute atomic E-state index is 0.417. The maximum absolute atomic E-state index is 11.1. The van der Waals surface area contributed by atoms with Crippen LogP contribution in [0, 0.1) is 0 Å². The van der Waals surface area contributed by atoms with Crippen molar-refractivity contribution in [1.29, 1.82) is 0 Å². The number of methoxy groups -OCH3 is 1. The standard InChI is InChI=1S/C15H16O2P/c1-13(17-2)18(16,14-9-5-3-6-10-14)15-11-7-4-8-12-15/h3-12,16H,1H2,2H3/q+1. The molecule has 0 heterocycles. The van der Waals surface area contributed by atoms with Gasteiger partial charge in [0.1, 0.15) is 10.6 Å². The fraction of sp³-hybridized carbons (Fsp3) is 0.0667. The van der Waals surface area contributed by atoms with Crippen molar-refractivity contribution in [3.05, 3.63) is 72.7 Å². The smallest absolute Gasteiger partial charge is 0.274 e. The van der Waals surface area contributed by atoms with E-state index in [0.717, 1.165) is 10.6 Å². The maximum Gasteiger partial charge on any atom is 0.274 e. The molecule has 0 spiro atoms. The fourth-order valence-electron chi connectivity index (χ4n) is 1.86. The Morgan fingerprint density at radius 3 is 1.67 bits per heavy atom. The van der Waals surface area contributed by atoms with Crippen LogP contribution in [0.1, 0.15) is 0 Å². The van der Waals surface area contributed by atoms with Gasteiger partial charge in [-0.15, -0.1) is 0 Å². The summed E-state index contributed by atoms with van der Waals surface area (Å²) >= 11 is 0. The van der Waals surface area contributed by atoms with Gasteiger partial charge in [0, 0.05) is 0 Å². The molecule has 0 unspecified atom stereocenters. The number of ether oxygens (including phenoxy) is 1. The minimum atomic E-state index is -2.68. The van der Waals surface area contributed by atoms with Crippen molar-refractivity contribution in [3.8, 4) is 0 Å². The Hall–Kier alpha value is -1.63. The van der Waals surface area contributed by atoms with Crippen LogP contribution < -0.4 is 10.6 Å². The van der Waals surface area contributed by atoms with Crippen molar-refractivity contribution < 1.29 is 9.63 Å². The lowest BCUT2D eigenvalue weighted by atomic mass is 10.4. The summed E-state index contributed by atoms with van der Waals surface area (Å²) in [5, 5.41) is 1.70. The van der Waals surface area contributed by atoms with Gasteiger partial charge >= 0.3 is 0 Å². The second kappa shape index (κ2) is 5.34. The third-order valence-corrected chi connectivity index (χ3v) is 5.85. The molecular formula is C15H16O2P+. The molecule has 2 rings (SSSR count). The van der Waals surface area contributed by atoms with Crippen LogP contribution in [-0.4, -0.2) is 12.0 Å². The molecule has 0 amide bonds. The van der Waals surface area contributed by atoms with E-state index in [0.29, 0.717) is 5.50 Å². The van der Waals surface area contributed by atoms with Gasteiger partial charge in [-0.05, 0) is 30.8 Å². The molecule has 0 saturated carbocycles. The van der Waals surface area contributed by atoms with Gasteiger partial charge in [0.25, 0.3) is 13.0 Å². The van der Waals surface area contributed by atoms with Gasteiger partial charge in [0.15, 0.2) is 0 Å². The number of hydrogen-bond donors (Lipinski definition) is 1. The first kappa shape index (κ1) is 12.8. The van der Waals surface area contributed by atoms with Gasteiger partial charge < -0.3 is 4.74 Å². The van der Waals surface area contributed by atoms with Gasteiger partial charge in [-0.1, -0.05) is 36.4 Å². The van der Waals surface area contributed by atoms with Crippen LogP contribution in [0.3, 0.4) is 0 Å². The lowest BCUT2D eigenvalue weighted by Gasteiger charge is -2.19. The summed E-state index contributed by atoms with van der Waals surface area (Å²) in [6, 6.07) is 19.1. The highest BCUT2D eigenvalue weighted by atomic mass is 31.2. The molecule has 0 aromatic heterocycles. The molecule has 3 heteroatoms. The van der Waals surface area contributed by atoms with Gasteiger partial charge in [0.05, 0.1) is 7.11 Å². The number of benzene rings is 2. The lowest BCUT2D eigenvalue weighted by molar-refractivity contribution is 0.317. The van der Waals surface area contributed by atoms with E-state index in [1.165, 1.54) is 0 Å². The molecule has 0 fully saturated rings. The Balaban J connectivity index is 2.59. The summed E-state index contributed by atoms with van der Waals surface area (Å²) in [7, 11) is -1.14. The van der Waals surface area contributed by atoms with Gasteiger partial charge in [-0.3, -0.25) is 0 Å². The first-order chi connectivity index (χ1) is 8.69. The Bertz CT molecular complexity index is 483. The van der Waals surface area contributed by atoms with Gasteiger partial charge in [-0.2, -0.15) is 0 Å². The van der Waals surface area contributed by atoms with Crippen molar-refractivity contribution in [2.75, 3.05) is 7.11 Å². The van der Waals surface area contributed by atoms with Crippen LogP contribution in [0.15, 0.2) is 72.7 Å². The maximum atomic E-state index is 11.1. The van der Waals surface area contributed by atoms with Crippen molar-refractivity contribution >= 4 is 18.1 Å². The summed E-state index contributed by atoms with van der Waals surface area (Å²) in [5.41, 5.74) is 0.417. The van der Waals surface area contributed by atoms with Gasteiger partial charge in [-0.25, -0.2) is 4.89 Å². The van der Waals surface area contributed by atoms with E-state index in [1.54, 1.807) is 7.11 Å². The summed E-state index contributed by atoms with van der Waals surface area (Å²) in [5.74, 6) is 0. The lowest BCUT2D eigenvalue weighted by Crippen LogP contribution is -2.23.